The van der Waals surface area contributed by atoms with Gasteiger partial charge in [-0.3, -0.25) is 9.69 Å². The first kappa shape index (κ1) is 18.2. The van der Waals surface area contributed by atoms with Crippen LogP contribution in [-0.4, -0.2) is 36.2 Å². The Morgan fingerprint density at radius 2 is 1.83 bits per heavy atom. The lowest BCUT2D eigenvalue weighted by Crippen LogP contribution is -2.37. The molecule has 0 aromatic heterocycles. The molecule has 3 nitrogen and oxygen atoms in total. The van der Waals surface area contributed by atoms with Crippen LogP contribution in [0.2, 0.25) is 0 Å². The maximum Gasteiger partial charge on any atom is 0.288 e. The van der Waals surface area contributed by atoms with E-state index in [2.05, 4.69) is 10.2 Å². The molecule has 0 spiro atoms. The number of amides is 1. The fraction of sp³-hybridized carbons (Fsp3) is 0.588. The molecule has 23 heavy (non-hydrogen) atoms. The molecule has 1 aliphatic rings. The van der Waals surface area contributed by atoms with Crippen molar-refractivity contribution in [3.63, 3.8) is 0 Å². The molecule has 0 radical (unpaired) electrons. The van der Waals surface area contributed by atoms with Gasteiger partial charge in [-0.15, -0.1) is 0 Å². The maximum atomic E-state index is 12.3. The molecule has 6 heteroatoms. The van der Waals surface area contributed by atoms with Crippen molar-refractivity contribution >= 4 is 23.4 Å². The molecule has 128 valence electrons. The zero-order chi connectivity index (χ0) is 16.7. The Hall–Kier alpha value is -1.14. The smallest absolute Gasteiger partial charge is 0.288 e. The first-order chi connectivity index (χ1) is 11.0. The van der Waals surface area contributed by atoms with Crippen LogP contribution in [0.4, 0.5) is 14.5 Å². The van der Waals surface area contributed by atoms with E-state index in [1.165, 1.54) is 25.7 Å². The van der Waals surface area contributed by atoms with Crippen LogP contribution in [0.1, 0.15) is 38.5 Å². The molecule has 0 bridgehead atoms. The SMILES string of the molecule is CN(CC(=O)Nc1ccc(SC(F)F)cc1)C1CCCCCC1. The summed E-state index contributed by atoms with van der Waals surface area (Å²) >= 11 is 0.503. The van der Waals surface area contributed by atoms with Crippen molar-refractivity contribution in [2.24, 2.45) is 0 Å². The van der Waals surface area contributed by atoms with Crippen molar-refractivity contribution in [3.05, 3.63) is 24.3 Å². The minimum absolute atomic E-state index is 0.0639. The summed E-state index contributed by atoms with van der Waals surface area (Å²) in [5.74, 6) is -2.49. The first-order valence-electron chi connectivity index (χ1n) is 8.09. The summed E-state index contributed by atoms with van der Waals surface area (Å²) < 4.78 is 24.5. The number of nitrogens with one attached hydrogen (secondary N) is 1. The van der Waals surface area contributed by atoms with Crippen LogP contribution in [0.5, 0.6) is 0 Å². The van der Waals surface area contributed by atoms with Gasteiger partial charge in [0.05, 0.1) is 6.54 Å². The maximum absolute atomic E-state index is 12.3. The van der Waals surface area contributed by atoms with Crippen LogP contribution in [-0.2, 0) is 4.79 Å². The van der Waals surface area contributed by atoms with Gasteiger partial charge >= 0.3 is 0 Å². The summed E-state index contributed by atoms with van der Waals surface area (Å²) in [4.78, 5) is 14.8. The standard InChI is InChI=1S/C17H24F2N2OS/c1-21(14-6-4-2-3-5-7-14)12-16(22)20-13-8-10-15(11-9-13)23-17(18)19/h8-11,14,17H,2-7,12H2,1H3,(H,20,22). The lowest BCUT2D eigenvalue weighted by atomic mass is 10.1. The Balaban J connectivity index is 1.81. The van der Waals surface area contributed by atoms with Gasteiger partial charge in [-0.2, -0.15) is 8.78 Å². The topological polar surface area (TPSA) is 32.3 Å². The highest BCUT2D eigenvalue weighted by Gasteiger charge is 2.19. The second-order valence-electron chi connectivity index (χ2n) is 6.01. The molecule has 1 aliphatic carbocycles. The van der Waals surface area contributed by atoms with Gasteiger partial charge in [0.2, 0.25) is 5.91 Å². The first-order valence-corrected chi connectivity index (χ1v) is 8.97. The predicted octanol–water partition coefficient (Wildman–Crippen LogP) is 4.59. The van der Waals surface area contributed by atoms with Crippen molar-refractivity contribution in [1.82, 2.24) is 4.90 Å². The van der Waals surface area contributed by atoms with E-state index in [0.29, 0.717) is 34.9 Å². The Morgan fingerprint density at radius 3 is 2.39 bits per heavy atom. The van der Waals surface area contributed by atoms with Crippen LogP contribution in [0.3, 0.4) is 0 Å². The van der Waals surface area contributed by atoms with E-state index in [-0.39, 0.29) is 5.91 Å². The fourth-order valence-corrected chi connectivity index (χ4v) is 3.47. The highest BCUT2D eigenvalue weighted by molar-refractivity contribution is 7.99. The van der Waals surface area contributed by atoms with Crippen molar-refractivity contribution in [1.29, 1.82) is 0 Å². The second kappa shape index (κ2) is 9.23. The van der Waals surface area contributed by atoms with Crippen molar-refractivity contribution in [3.8, 4) is 0 Å². The van der Waals surface area contributed by atoms with Crippen molar-refractivity contribution < 1.29 is 13.6 Å². The summed E-state index contributed by atoms with van der Waals surface area (Å²) in [6.07, 6.45) is 7.37. The van der Waals surface area contributed by atoms with E-state index < -0.39 is 5.76 Å². The quantitative estimate of drug-likeness (QED) is 0.606. The second-order valence-corrected chi connectivity index (χ2v) is 7.08. The van der Waals surface area contributed by atoms with Crippen LogP contribution in [0.15, 0.2) is 29.2 Å². The third-order valence-corrected chi connectivity index (χ3v) is 4.93. The molecule has 0 saturated heterocycles. The Kier molecular flexibility index (Phi) is 7.30. The van der Waals surface area contributed by atoms with Gasteiger partial charge in [0.25, 0.3) is 5.76 Å². The summed E-state index contributed by atoms with van der Waals surface area (Å²) in [5.41, 5.74) is 0.642. The molecule has 1 saturated carbocycles. The van der Waals surface area contributed by atoms with Gasteiger partial charge < -0.3 is 5.32 Å². The number of thioether (sulfide) groups is 1. The number of alkyl halides is 2. The zero-order valence-corrected chi connectivity index (χ0v) is 14.2. The highest BCUT2D eigenvalue weighted by atomic mass is 32.2. The monoisotopic (exact) mass is 342 g/mol. The Bertz CT molecular complexity index is 488. The molecule has 1 aromatic rings. The number of rotatable bonds is 6. The van der Waals surface area contributed by atoms with Gasteiger partial charge in [-0.05, 0) is 44.2 Å². The van der Waals surface area contributed by atoms with Crippen molar-refractivity contribution in [2.75, 3.05) is 18.9 Å². The van der Waals surface area contributed by atoms with Crippen LogP contribution < -0.4 is 5.32 Å². The molecule has 0 aliphatic heterocycles. The minimum atomic E-state index is -2.43. The van der Waals surface area contributed by atoms with Gasteiger partial charge in [0.1, 0.15) is 0 Å². The van der Waals surface area contributed by atoms with E-state index in [0.717, 1.165) is 12.8 Å². The number of hydrogen-bond donors (Lipinski definition) is 1. The molecular formula is C17H24F2N2OS. The van der Waals surface area contributed by atoms with Gasteiger partial charge in [0.15, 0.2) is 0 Å². The van der Waals surface area contributed by atoms with Gasteiger partial charge in [-0.25, -0.2) is 0 Å². The van der Waals surface area contributed by atoms with E-state index in [1.807, 2.05) is 7.05 Å². The highest BCUT2D eigenvalue weighted by Crippen LogP contribution is 2.26. The third-order valence-electron chi connectivity index (χ3n) is 4.20. The van der Waals surface area contributed by atoms with E-state index in [9.17, 15) is 13.6 Å². The number of halogens is 2. The van der Waals surface area contributed by atoms with E-state index in [1.54, 1.807) is 24.3 Å². The van der Waals surface area contributed by atoms with Crippen molar-refractivity contribution in [2.45, 2.75) is 55.2 Å². The number of likely N-dealkylation sites (N-methyl/N-ethyl adjacent to an activating group) is 1. The molecule has 0 unspecified atom stereocenters. The van der Waals surface area contributed by atoms with Crippen LogP contribution >= 0.6 is 11.8 Å². The zero-order valence-electron chi connectivity index (χ0n) is 13.4. The minimum Gasteiger partial charge on any atom is -0.325 e. The number of anilines is 1. The average molecular weight is 342 g/mol. The normalized spacial score (nSPS) is 16.6. The largest absolute Gasteiger partial charge is 0.325 e. The molecule has 1 amide bonds. The average Bonchev–Trinajstić information content (AvgIpc) is 2.78. The lowest BCUT2D eigenvalue weighted by Gasteiger charge is -2.26. The van der Waals surface area contributed by atoms with Gasteiger partial charge in [-0.1, -0.05) is 37.4 Å². The number of carbonyl (C=O) groups is 1. The molecule has 0 heterocycles. The number of hydrogen-bond acceptors (Lipinski definition) is 3. The van der Waals surface area contributed by atoms with E-state index in [4.69, 9.17) is 0 Å². The summed E-state index contributed by atoms with van der Waals surface area (Å²) in [6, 6.07) is 7.00. The molecule has 1 aromatic carbocycles. The number of nitrogens with zero attached hydrogens (tertiary/aromatic N) is 1. The summed E-state index contributed by atoms with van der Waals surface area (Å²) in [5, 5.41) is 2.83. The third kappa shape index (κ3) is 6.47. The molecule has 0 atom stereocenters. The molecule has 2 rings (SSSR count). The number of benzene rings is 1. The summed E-state index contributed by atoms with van der Waals surface area (Å²) in [6.45, 7) is 0.359. The molecule has 1 N–H and O–H groups in total. The van der Waals surface area contributed by atoms with E-state index >= 15 is 0 Å². The van der Waals surface area contributed by atoms with Crippen LogP contribution in [0, 0.1) is 0 Å². The fourth-order valence-electron chi connectivity index (χ4n) is 2.97. The van der Waals surface area contributed by atoms with Gasteiger partial charge in [0, 0.05) is 16.6 Å². The Morgan fingerprint density at radius 1 is 1.22 bits per heavy atom. The lowest BCUT2D eigenvalue weighted by molar-refractivity contribution is -0.117. The van der Waals surface area contributed by atoms with Crippen LogP contribution in [0.25, 0.3) is 0 Å². The molecule has 1 fully saturated rings. The summed E-state index contributed by atoms with van der Waals surface area (Å²) in [7, 11) is 2.00. The predicted molar refractivity (Wildman–Crippen MR) is 91.1 cm³/mol. The molecular weight excluding hydrogens is 318 g/mol. The Labute approximate surface area is 140 Å². The number of carbonyl (C=O) groups excluding carboxylic acids is 1.